The van der Waals surface area contributed by atoms with Crippen LogP contribution in [0.15, 0.2) is 70.0 Å². The number of aromatic nitrogens is 1. The van der Waals surface area contributed by atoms with Crippen molar-refractivity contribution >= 4 is 39.5 Å². The summed E-state index contributed by atoms with van der Waals surface area (Å²) in [6, 6.07) is 13.8. The number of urea groups is 1. The molecule has 3 atom stereocenters. The van der Waals surface area contributed by atoms with E-state index in [1.165, 1.54) is 41.1 Å². The van der Waals surface area contributed by atoms with Crippen LogP contribution in [0.4, 0.5) is 4.79 Å². The molecule has 14 heteroatoms. The number of oxime groups is 1. The van der Waals surface area contributed by atoms with E-state index in [0.29, 0.717) is 25.2 Å². The number of hydrogen-bond acceptors (Lipinski definition) is 9. The fourth-order valence-corrected chi connectivity index (χ4v) is 8.13. The maximum atomic E-state index is 14.1. The predicted octanol–water partition coefficient (Wildman–Crippen LogP) is 4.13. The van der Waals surface area contributed by atoms with Crippen molar-refractivity contribution in [1.82, 2.24) is 24.4 Å². The van der Waals surface area contributed by atoms with E-state index in [2.05, 4.69) is 15.5 Å². The van der Waals surface area contributed by atoms with E-state index in [-0.39, 0.29) is 42.3 Å². The van der Waals surface area contributed by atoms with Gasteiger partial charge in [-0.05, 0) is 48.4 Å². The largest absolute Gasteiger partial charge is 0.399 e. The molecule has 1 aromatic heterocycles. The van der Waals surface area contributed by atoms with Gasteiger partial charge < -0.3 is 25.1 Å². The zero-order valence-electron chi connectivity index (χ0n) is 29.0. The van der Waals surface area contributed by atoms with Crippen LogP contribution in [0.1, 0.15) is 49.5 Å². The van der Waals surface area contributed by atoms with Crippen molar-refractivity contribution in [2.24, 2.45) is 17.0 Å². The molecule has 266 valence electrons. The normalized spacial score (nSPS) is 15.8. The number of carbonyl (C=O) groups excluding carboxylic acids is 2. The van der Waals surface area contributed by atoms with Gasteiger partial charge >= 0.3 is 6.03 Å². The number of sulfonamides is 1. The van der Waals surface area contributed by atoms with Gasteiger partial charge in [0.15, 0.2) is 0 Å². The molecule has 3 aromatic rings. The van der Waals surface area contributed by atoms with Gasteiger partial charge in [-0.1, -0.05) is 75.3 Å². The third kappa shape index (κ3) is 10.1. The van der Waals surface area contributed by atoms with Crippen molar-refractivity contribution < 1.29 is 28.0 Å². The first-order valence-electron chi connectivity index (χ1n) is 16.5. The second-order valence-corrected chi connectivity index (χ2v) is 16.0. The summed E-state index contributed by atoms with van der Waals surface area (Å²) in [6.07, 6.45) is 0.463. The first kappa shape index (κ1) is 38.0. The Balaban J connectivity index is 1.56. The summed E-state index contributed by atoms with van der Waals surface area (Å²) in [5.74, 6) is -0.671. The highest BCUT2D eigenvalue weighted by molar-refractivity contribution is 7.89. The van der Waals surface area contributed by atoms with Gasteiger partial charge in [0.1, 0.15) is 13.2 Å². The minimum Gasteiger partial charge on any atom is -0.399 e. The van der Waals surface area contributed by atoms with Gasteiger partial charge in [-0.25, -0.2) is 18.2 Å². The molecule has 3 amide bonds. The van der Waals surface area contributed by atoms with E-state index in [1.807, 2.05) is 70.3 Å². The Morgan fingerprint density at radius 3 is 2.39 bits per heavy atom. The highest BCUT2D eigenvalue weighted by Gasteiger charge is 2.40. The number of thiazole rings is 1. The lowest BCUT2D eigenvalue weighted by Gasteiger charge is -2.34. The third-order valence-corrected chi connectivity index (χ3v) is 10.9. The Morgan fingerprint density at radius 1 is 1.10 bits per heavy atom. The summed E-state index contributed by atoms with van der Waals surface area (Å²) >= 11 is 1.53. The molecule has 49 heavy (non-hydrogen) atoms. The number of carbonyl (C=O) groups is 2. The number of nitrogens with one attached hydrogen (secondary N) is 1. The molecule has 2 aromatic carbocycles. The molecule has 4 rings (SSSR count). The summed E-state index contributed by atoms with van der Waals surface area (Å²) in [4.78, 5) is 40.2. The van der Waals surface area contributed by atoms with Gasteiger partial charge in [0, 0.05) is 31.6 Å². The third-order valence-electron chi connectivity index (χ3n) is 8.26. The van der Waals surface area contributed by atoms with Crippen LogP contribution in [0.3, 0.4) is 0 Å². The summed E-state index contributed by atoms with van der Waals surface area (Å²) in [5, 5.41) is 21.4. The Labute approximate surface area is 293 Å². The van der Waals surface area contributed by atoms with E-state index >= 15 is 0 Å². The molecule has 0 bridgehead atoms. The average Bonchev–Trinajstić information content (AvgIpc) is 3.63. The summed E-state index contributed by atoms with van der Waals surface area (Å²) in [7, 11) is -2.60. The van der Waals surface area contributed by atoms with Crippen molar-refractivity contribution in [2.45, 2.75) is 70.7 Å². The van der Waals surface area contributed by atoms with Crippen molar-refractivity contribution in [3.8, 4) is 0 Å². The first-order chi connectivity index (χ1) is 23.3. The molecule has 2 heterocycles. The van der Waals surface area contributed by atoms with Crippen LogP contribution in [0.25, 0.3) is 0 Å². The molecule has 1 aliphatic rings. The zero-order valence-corrected chi connectivity index (χ0v) is 30.7. The van der Waals surface area contributed by atoms with E-state index in [0.717, 1.165) is 16.3 Å². The Kier molecular flexibility index (Phi) is 13.3. The smallest absolute Gasteiger partial charge is 0.321 e. The van der Waals surface area contributed by atoms with Crippen LogP contribution in [-0.2, 0) is 32.6 Å². The van der Waals surface area contributed by atoms with Gasteiger partial charge in [-0.3, -0.25) is 4.79 Å². The Hall–Kier alpha value is -3.85. The van der Waals surface area contributed by atoms with Crippen molar-refractivity contribution in [3.63, 3.8) is 0 Å². The molecule has 0 radical (unpaired) electrons. The van der Waals surface area contributed by atoms with Crippen LogP contribution in [0.5, 0.6) is 0 Å². The van der Waals surface area contributed by atoms with E-state index < -0.39 is 34.1 Å². The van der Waals surface area contributed by atoms with Crippen LogP contribution >= 0.6 is 11.3 Å². The van der Waals surface area contributed by atoms with E-state index in [4.69, 9.17) is 4.84 Å². The fraction of sp³-hybridized carbons (Fsp3) is 0.486. The summed E-state index contributed by atoms with van der Waals surface area (Å²) in [6.45, 7) is 10.6. The summed E-state index contributed by atoms with van der Waals surface area (Å²) in [5.41, 5.74) is 2.34. The fourth-order valence-electron chi connectivity index (χ4n) is 5.91. The Morgan fingerprint density at radius 2 is 1.80 bits per heavy atom. The van der Waals surface area contributed by atoms with Gasteiger partial charge in [0.2, 0.25) is 15.9 Å². The van der Waals surface area contributed by atoms with Crippen molar-refractivity contribution in [2.75, 3.05) is 33.3 Å². The molecule has 2 N–H and O–H groups in total. The molecule has 0 saturated carbocycles. The van der Waals surface area contributed by atoms with E-state index in [9.17, 15) is 23.1 Å². The maximum absolute atomic E-state index is 14.1. The molecule has 12 nitrogen and oxygen atoms in total. The van der Waals surface area contributed by atoms with Crippen LogP contribution in [0.2, 0.25) is 0 Å². The van der Waals surface area contributed by atoms with Gasteiger partial charge in [0.25, 0.3) is 0 Å². The molecular formula is C35H48N6O6S2. The quantitative estimate of drug-likeness (QED) is 0.158. The zero-order chi connectivity index (χ0) is 35.7. The lowest BCUT2D eigenvalue weighted by Crippen LogP contribution is -2.57. The monoisotopic (exact) mass is 712 g/mol. The second-order valence-electron chi connectivity index (χ2n) is 13.0. The second kappa shape index (κ2) is 17.2. The van der Waals surface area contributed by atoms with Crippen LogP contribution < -0.4 is 5.32 Å². The number of aliphatic hydroxyl groups is 1. The number of benzene rings is 2. The highest BCUT2D eigenvalue weighted by Crippen LogP contribution is 2.23. The molecule has 0 aliphatic carbocycles. The molecule has 0 unspecified atom stereocenters. The lowest BCUT2D eigenvalue weighted by molar-refractivity contribution is -0.128. The van der Waals surface area contributed by atoms with Crippen LogP contribution in [0, 0.1) is 18.8 Å². The first-order valence-corrected chi connectivity index (χ1v) is 18.8. The number of hydrogen-bond donors (Lipinski definition) is 2. The summed E-state index contributed by atoms with van der Waals surface area (Å²) < 4.78 is 29.1. The highest BCUT2D eigenvalue weighted by atomic mass is 32.2. The minimum absolute atomic E-state index is 0.0418. The Bertz CT molecular complexity index is 1660. The molecule has 1 saturated heterocycles. The number of nitrogens with zero attached hydrogens (tertiary/aromatic N) is 5. The lowest BCUT2D eigenvalue weighted by atomic mass is 9.97. The van der Waals surface area contributed by atoms with Crippen molar-refractivity contribution in [3.05, 3.63) is 81.8 Å². The number of rotatable bonds is 17. The topological polar surface area (TPSA) is 145 Å². The van der Waals surface area contributed by atoms with Crippen LogP contribution in [-0.4, -0.2) is 102 Å². The number of amides is 3. The van der Waals surface area contributed by atoms with Gasteiger partial charge in [0.05, 0.1) is 40.5 Å². The average molecular weight is 713 g/mol. The molecular weight excluding hydrogens is 665 g/mol. The molecule has 1 aliphatic heterocycles. The standard InChI is InChI=1S/C35H48N6O6S2/c1-24(2)20-40(49(45,46)30-14-12-28(13-15-30)19-36-47-6)22-32(42)31(18-27-10-8-7-9-11-27)38-34(43)33(25(3)4)41-17-16-39(35(41)44)21-29-23-48-26(5)37-29/h7-15,19,23-25,31-33,42H,16-18,20-22H2,1-6H3,(H,38,43)/t31-,32-,33-/m0/s1. The maximum Gasteiger partial charge on any atom is 0.321 e. The van der Waals surface area contributed by atoms with Gasteiger partial charge in [-0.2, -0.15) is 4.31 Å². The predicted molar refractivity (Wildman–Crippen MR) is 191 cm³/mol. The molecule has 1 fully saturated rings. The van der Waals surface area contributed by atoms with Gasteiger partial charge in [-0.15, -0.1) is 11.3 Å². The van der Waals surface area contributed by atoms with Crippen molar-refractivity contribution in [1.29, 1.82) is 0 Å². The number of aliphatic hydroxyl groups excluding tert-OH is 1. The van der Waals surface area contributed by atoms with E-state index in [1.54, 1.807) is 21.9 Å². The number of aryl methyl sites for hydroxylation is 1. The minimum atomic E-state index is -4.02. The SMILES string of the molecule is CON=Cc1ccc(S(=O)(=O)N(CC(C)C)C[C@H](O)[C@H](Cc2ccccc2)NC(=O)[C@H](C(C)C)N2CCN(Cc3csc(C)n3)C2=O)cc1. The molecule has 0 spiro atoms.